The number of nitrogens with zero attached hydrogens (tertiary/aromatic N) is 1. The lowest BCUT2D eigenvalue weighted by Crippen LogP contribution is -2.49. The Balaban J connectivity index is 2.14. The molecule has 0 amide bonds. The smallest absolute Gasteiger partial charge is 0.324 e. The summed E-state index contributed by atoms with van der Waals surface area (Å²) in [6.07, 6.45) is 0. The largest absolute Gasteiger partial charge is 0.494 e. The molecule has 0 radical (unpaired) electrons. The van der Waals surface area contributed by atoms with Crippen molar-refractivity contribution in [3.63, 3.8) is 0 Å². The number of benzene rings is 1. The highest BCUT2D eigenvalue weighted by Gasteiger charge is 2.31. The van der Waals surface area contributed by atoms with Crippen LogP contribution >= 0.6 is 11.8 Å². The Hall–Kier alpha value is -1.73. The molecule has 7 heteroatoms. The van der Waals surface area contributed by atoms with Gasteiger partial charge < -0.3 is 20.1 Å². The van der Waals surface area contributed by atoms with Crippen LogP contribution in [0.5, 0.6) is 5.75 Å². The number of carboxylic acid groups (broad SMARTS) is 1. The summed E-state index contributed by atoms with van der Waals surface area (Å²) in [5.41, 5.74) is 0.729. The zero-order chi connectivity index (χ0) is 15.5. The van der Waals surface area contributed by atoms with Crippen molar-refractivity contribution >= 4 is 28.8 Å². The minimum atomic E-state index is -0.986. The molecule has 0 aliphatic heterocycles. The fourth-order valence-corrected chi connectivity index (χ4v) is 2.78. The molecule has 1 heterocycles. The van der Waals surface area contributed by atoms with E-state index in [1.165, 1.54) is 11.8 Å². The molecule has 0 saturated carbocycles. The Labute approximate surface area is 127 Å². The van der Waals surface area contributed by atoms with E-state index in [0.717, 1.165) is 16.8 Å². The first-order valence-electron chi connectivity index (χ1n) is 6.66. The molecule has 0 fully saturated rings. The predicted molar refractivity (Wildman–Crippen MR) is 83.1 cm³/mol. The number of rotatable bonds is 7. The van der Waals surface area contributed by atoms with Gasteiger partial charge in [0.05, 0.1) is 17.6 Å². The van der Waals surface area contributed by atoms with Crippen LogP contribution in [0.25, 0.3) is 11.0 Å². The highest BCUT2D eigenvalue weighted by Crippen LogP contribution is 2.25. The predicted octanol–water partition coefficient (Wildman–Crippen LogP) is 2.12. The summed E-state index contributed by atoms with van der Waals surface area (Å²) in [5.74, 6) is 0.278. The molecule has 2 aromatic rings. The molecule has 114 valence electrons. The monoisotopic (exact) mass is 309 g/mol. The lowest BCUT2D eigenvalue weighted by molar-refractivity contribution is -0.142. The van der Waals surface area contributed by atoms with E-state index in [0.29, 0.717) is 17.5 Å². The first-order valence-corrected chi connectivity index (χ1v) is 7.64. The summed E-state index contributed by atoms with van der Waals surface area (Å²) in [6.45, 7) is 4.20. The van der Waals surface area contributed by atoms with E-state index in [9.17, 15) is 9.90 Å². The molecular weight excluding hydrogens is 290 g/mol. The third kappa shape index (κ3) is 3.48. The van der Waals surface area contributed by atoms with E-state index < -0.39 is 11.5 Å². The van der Waals surface area contributed by atoms with Crippen molar-refractivity contribution in [3.05, 3.63) is 18.2 Å². The van der Waals surface area contributed by atoms with E-state index in [1.807, 2.05) is 25.1 Å². The summed E-state index contributed by atoms with van der Waals surface area (Å²) in [7, 11) is 1.64. The summed E-state index contributed by atoms with van der Waals surface area (Å²) >= 11 is 1.37. The molecule has 1 unspecified atom stereocenters. The van der Waals surface area contributed by atoms with Gasteiger partial charge in [-0.1, -0.05) is 11.8 Å². The number of imidazole rings is 1. The molecule has 1 atom stereocenters. The number of H-pyrrole nitrogens is 1. The average molecular weight is 309 g/mol. The molecule has 21 heavy (non-hydrogen) atoms. The number of hydrogen-bond acceptors (Lipinski definition) is 5. The van der Waals surface area contributed by atoms with Crippen LogP contribution in [0.15, 0.2) is 23.4 Å². The fraction of sp³-hybridized carbons (Fsp3) is 0.429. The van der Waals surface area contributed by atoms with Crippen molar-refractivity contribution < 1.29 is 14.6 Å². The van der Waals surface area contributed by atoms with Crippen molar-refractivity contribution in [2.45, 2.75) is 24.5 Å². The lowest BCUT2D eigenvalue weighted by Gasteiger charge is -2.22. The first-order chi connectivity index (χ1) is 9.98. The van der Waals surface area contributed by atoms with Gasteiger partial charge in [0.25, 0.3) is 0 Å². The summed E-state index contributed by atoms with van der Waals surface area (Å²) in [5, 5.41) is 12.7. The van der Waals surface area contributed by atoms with Gasteiger partial charge in [-0.2, -0.15) is 0 Å². The Morgan fingerprint density at radius 2 is 2.33 bits per heavy atom. The van der Waals surface area contributed by atoms with Crippen molar-refractivity contribution in [3.8, 4) is 5.75 Å². The molecule has 1 aromatic carbocycles. The van der Waals surface area contributed by atoms with E-state index >= 15 is 0 Å². The van der Waals surface area contributed by atoms with E-state index in [-0.39, 0.29) is 0 Å². The minimum Gasteiger partial charge on any atom is -0.494 e. The number of thioether (sulfide) groups is 1. The normalized spacial score (nSPS) is 14.0. The molecule has 2 rings (SSSR count). The summed E-state index contributed by atoms with van der Waals surface area (Å²) in [4.78, 5) is 18.9. The first kappa shape index (κ1) is 15.7. The number of nitrogens with one attached hydrogen (secondary N) is 2. The van der Waals surface area contributed by atoms with Crippen molar-refractivity contribution in [1.82, 2.24) is 15.3 Å². The molecule has 0 bridgehead atoms. The van der Waals surface area contributed by atoms with Gasteiger partial charge in [0.1, 0.15) is 11.3 Å². The number of hydrogen-bond donors (Lipinski definition) is 3. The quantitative estimate of drug-likeness (QED) is 0.679. The maximum atomic E-state index is 11.2. The molecule has 0 aliphatic rings. The Kier molecular flexibility index (Phi) is 4.74. The Morgan fingerprint density at radius 1 is 1.57 bits per heavy atom. The van der Waals surface area contributed by atoms with Gasteiger partial charge in [0.2, 0.25) is 0 Å². The summed E-state index contributed by atoms with van der Waals surface area (Å²) < 4.78 is 5.44. The van der Waals surface area contributed by atoms with E-state index in [4.69, 9.17) is 4.74 Å². The third-order valence-corrected chi connectivity index (χ3v) is 4.45. The van der Waals surface area contributed by atoms with Crippen LogP contribution in [0, 0.1) is 0 Å². The zero-order valence-electron chi connectivity index (χ0n) is 12.3. The van der Waals surface area contributed by atoms with Gasteiger partial charge in [0, 0.05) is 11.8 Å². The van der Waals surface area contributed by atoms with Crippen LogP contribution in [0.3, 0.4) is 0 Å². The van der Waals surface area contributed by atoms with Gasteiger partial charge in [-0.25, -0.2) is 4.98 Å². The Bertz CT molecular complexity index is 643. The topological polar surface area (TPSA) is 87.2 Å². The van der Waals surface area contributed by atoms with E-state index in [1.54, 1.807) is 14.0 Å². The number of aromatic amines is 1. The second-order valence-electron chi connectivity index (χ2n) is 4.83. The van der Waals surface area contributed by atoms with E-state index in [2.05, 4.69) is 15.3 Å². The van der Waals surface area contributed by atoms with Crippen LogP contribution in [0.4, 0.5) is 0 Å². The highest BCUT2D eigenvalue weighted by atomic mass is 32.2. The molecule has 1 aromatic heterocycles. The molecule has 0 spiro atoms. The van der Waals surface area contributed by atoms with Gasteiger partial charge >= 0.3 is 5.97 Å². The number of aliphatic carboxylic acids is 1. The lowest BCUT2D eigenvalue weighted by atomic mass is 10.1. The number of ether oxygens (including phenoxy) is 1. The minimum absolute atomic E-state index is 0.372. The van der Waals surface area contributed by atoms with Gasteiger partial charge in [0.15, 0.2) is 5.16 Å². The number of fused-ring (bicyclic) bond motifs is 1. The van der Waals surface area contributed by atoms with Crippen LogP contribution in [-0.4, -0.2) is 46.0 Å². The maximum absolute atomic E-state index is 11.2. The molecule has 0 saturated heterocycles. The molecule has 3 N–H and O–H groups in total. The number of likely N-dealkylation sites (N-methyl/N-ethyl adjacent to an activating group) is 1. The van der Waals surface area contributed by atoms with Crippen molar-refractivity contribution in [2.24, 2.45) is 0 Å². The SMILES string of the molecule is CCOc1ccc2nc(SCC(C)(NC)C(=O)O)[nH]c2c1. The van der Waals surface area contributed by atoms with Crippen molar-refractivity contribution in [1.29, 1.82) is 0 Å². The molecular formula is C14H19N3O3S. The van der Waals surface area contributed by atoms with Gasteiger partial charge in [-0.05, 0) is 33.0 Å². The number of carbonyl (C=O) groups is 1. The third-order valence-electron chi connectivity index (χ3n) is 3.26. The Morgan fingerprint density at radius 3 is 2.95 bits per heavy atom. The highest BCUT2D eigenvalue weighted by molar-refractivity contribution is 7.99. The van der Waals surface area contributed by atoms with Crippen LogP contribution in [0.2, 0.25) is 0 Å². The average Bonchev–Trinajstić information content (AvgIpc) is 2.87. The second kappa shape index (κ2) is 6.36. The fourth-order valence-electron chi connectivity index (χ4n) is 1.74. The van der Waals surface area contributed by atoms with Crippen molar-refractivity contribution in [2.75, 3.05) is 19.4 Å². The number of aromatic nitrogens is 2. The molecule has 6 nitrogen and oxygen atoms in total. The van der Waals surface area contributed by atoms with Gasteiger partial charge in [-0.15, -0.1) is 0 Å². The van der Waals surface area contributed by atoms with Gasteiger partial charge in [-0.3, -0.25) is 4.79 Å². The van der Waals surface area contributed by atoms with Crippen LogP contribution in [0.1, 0.15) is 13.8 Å². The zero-order valence-corrected chi connectivity index (χ0v) is 13.1. The van der Waals surface area contributed by atoms with Crippen LogP contribution < -0.4 is 10.1 Å². The van der Waals surface area contributed by atoms with Crippen LogP contribution in [-0.2, 0) is 4.79 Å². The second-order valence-corrected chi connectivity index (χ2v) is 5.79. The number of carboxylic acids is 1. The standard InChI is InChI=1S/C14H19N3O3S/c1-4-20-9-5-6-10-11(7-9)17-13(16-10)21-8-14(2,15-3)12(18)19/h5-7,15H,4,8H2,1-3H3,(H,16,17)(H,18,19). The maximum Gasteiger partial charge on any atom is 0.324 e. The summed E-state index contributed by atoms with van der Waals surface area (Å²) in [6, 6.07) is 5.65. The molecule has 0 aliphatic carbocycles.